The van der Waals surface area contributed by atoms with Gasteiger partial charge in [0.25, 0.3) is 0 Å². The number of rotatable bonds is 8. The molecule has 0 fully saturated rings. The lowest BCUT2D eigenvalue weighted by Gasteiger charge is -2.30. The molecule has 2 aromatic rings. The Kier molecular flexibility index (Phi) is 8.14. The number of esters is 1. The average Bonchev–Trinajstić information content (AvgIpc) is 2.69. The van der Waals surface area contributed by atoms with Crippen LogP contribution >= 0.6 is 11.6 Å². The van der Waals surface area contributed by atoms with Gasteiger partial charge >= 0.3 is 12.1 Å². The van der Waals surface area contributed by atoms with E-state index < -0.39 is 18.3 Å². The Morgan fingerprint density at radius 1 is 1.04 bits per heavy atom. The first kappa shape index (κ1) is 20.8. The van der Waals surface area contributed by atoms with Gasteiger partial charge in [-0.2, -0.15) is 0 Å². The average molecular weight is 390 g/mol. The van der Waals surface area contributed by atoms with E-state index in [0.29, 0.717) is 22.7 Å². The van der Waals surface area contributed by atoms with E-state index in [1.165, 1.54) is 4.90 Å². The van der Waals surface area contributed by atoms with Crippen molar-refractivity contribution in [3.8, 4) is 0 Å². The molecule has 27 heavy (non-hydrogen) atoms. The van der Waals surface area contributed by atoms with Gasteiger partial charge in [-0.1, -0.05) is 55.3 Å². The molecular weight excluding hydrogens is 366 g/mol. The first-order chi connectivity index (χ1) is 13.1. The molecule has 144 valence electrons. The van der Waals surface area contributed by atoms with Crippen molar-refractivity contribution in [2.45, 2.75) is 32.9 Å². The van der Waals surface area contributed by atoms with Crippen LogP contribution in [0.15, 0.2) is 54.6 Å². The number of nitrogens with zero attached hydrogens (tertiary/aromatic N) is 1. The minimum absolute atomic E-state index is 0.238. The maximum absolute atomic E-state index is 12.6. The van der Waals surface area contributed by atoms with Crippen LogP contribution < -0.4 is 0 Å². The summed E-state index contributed by atoms with van der Waals surface area (Å²) < 4.78 is 10.9. The lowest BCUT2D eigenvalue weighted by molar-refractivity contribution is -0.0320. The van der Waals surface area contributed by atoms with Crippen LogP contribution in [0.2, 0.25) is 5.02 Å². The summed E-state index contributed by atoms with van der Waals surface area (Å²) >= 11 is 5.98. The van der Waals surface area contributed by atoms with E-state index in [0.717, 1.165) is 12.8 Å². The highest BCUT2D eigenvalue weighted by atomic mass is 35.5. The van der Waals surface area contributed by atoms with Crippen LogP contribution in [-0.2, 0) is 9.47 Å². The highest BCUT2D eigenvalue weighted by Crippen LogP contribution is 2.26. The predicted molar refractivity (Wildman–Crippen MR) is 105 cm³/mol. The van der Waals surface area contributed by atoms with Gasteiger partial charge in [0.15, 0.2) is 0 Å². The summed E-state index contributed by atoms with van der Waals surface area (Å²) in [6.07, 6.45) is 0.217. The molecule has 0 aliphatic heterocycles. The van der Waals surface area contributed by atoms with Gasteiger partial charge in [-0.05, 0) is 37.6 Å². The van der Waals surface area contributed by atoms with Crippen LogP contribution in [0.4, 0.5) is 4.79 Å². The molecule has 0 aromatic heterocycles. The Bertz CT molecular complexity index is 734. The van der Waals surface area contributed by atoms with Crippen molar-refractivity contribution in [1.82, 2.24) is 4.90 Å². The molecule has 2 aromatic carbocycles. The predicted octanol–water partition coefficient (Wildman–Crippen LogP) is 5.45. The molecule has 0 N–H and O–H groups in total. The Hall–Kier alpha value is -2.53. The molecule has 0 saturated carbocycles. The number of hydrogen-bond donors (Lipinski definition) is 0. The Labute approximate surface area is 164 Å². The van der Waals surface area contributed by atoms with Crippen LogP contribution in [0, 0.1) is 0 Å². The zero-order valence-electron chi connectivity index (χ0n) is 15.6. The quantitative estimate of drug-likeness (QED) is 0.444. The third-order valence-electron chi connectivity index (χ3n) is 3.92. The first-order valence-electron chi connectivity index (χ1n) is 9.01. The van der Waals surface area contributed by atoms with Crippen LogP contribution in [0.5, 0.6) is 0 Å². The van der Waals surface area contributed by atoms with Crippen LogP contribution in [0.3, 0.4) is 0 Å². The summed E-state index contributed by atoms with van der Waals surface area (Å²) in [5, 5.41) is 0.558. The molecule has 0 aliphatic carbocycles. The Morgan fingerprint density at radius 3 is 2.30 bits per heavy atom. The van der Waals surface area contributed by atoms with Gasteiger partial charge in [-0.3, -0.25) is 4.90 Å². The van der Waals surface area contributed by atoms with Crippen molar-refractivity contribution >= 4 is 23.7 Å². The number of halogens is 1. The summed E-state index contributed by atoms with van der Waals surface area (Å²) in [5.74, 6) is -0.513. The van der Waals surface area contributed by atoms with Crippen LogP contribution in [0.25, 0.3) is 0 Å². The minimum Gasteiger partial charge on any atom is -0.450 e. The van der Waals surface area contributed by atoms with E-state index in [9.17, 15) is 9.59 Å². The second-order valence-corrected chi connectivity index (χ2v) is 6.36. The second kappa shape index (κ2) is 10.6. The number of amides is 1. The third kappa shape index (κ3) is 6.00. The van der Waals surface area contributed by atoms with Crippen molar-refractivity contribution < 1.29 is 19.1 Å². The number of unbranched alkanes of at least 4 members (excludes halogenated alkanes) is 1. The number of carbonyl (C=O) groups excluding carboxylic acids is 2. The SMILES string of the molecule is CCCCN(C(=O)OCC)C(OC(=O)c1ccccc1)c1ccc(Cl)cc1. The van der Waals surface area contributed by atoms with E-state index in [4.69, 9.17) is 21.1 Å². The fourth-order valence-electron chi connectivity index (χ4n) is 2.52. The molecular formula is C21H24ClNO4. The maximum Gasteiger partial charge on any atom is 0.412 e. The molecule has 0 aliphatic rings. The van der Waals surface area contributed by atoms with E-state index in [1.54, 1.807) is 55.5 Å². The summed E-state index contributed by atoms with van der Waals surface area (Å²) in [7, 11) is 0. The molecule has 1 atom stereocenters. The number of ether oxygens (including phenoxy) is 2. The summed E-state index contributed by atoms with van der Waals surface area (Å²) in [6.45, 7) is 4.41. The normalized spacial score (nSPS) is 11.5. The van der Waals surface area contributed by atoms with Gasteiger partial charge < -0.3 is 9.47 Å². The highest BCUT2D eigenvalue weighted by molar-refractivity contribution is 6.30. The highest BCUT2D eigenvalue weighted by Gasteiger charge is 2.29. The fraction of sp³-hybridized carbons (Fsp3) is 0.333. The third-order valence-corrected chi connectivity index (χ3v) is 4.17. The lowest BCUT2D eigenvalue weighted by Crippen LogP contribution is -2.38. The zero-order valence-corrected chi connectivity index (χ0v) is 16.3. The van der Waals surface area contributed by atoms with Gasteiger partial charge in [-0.15, -0.1) is 0 Å². The van der Waals surface area contributed by atoms with E-state index in [1.807, 2.05) is 13.0 Å². The van der Waals surface area contributed by atoms with Crippen LogP contribution in [0.1, 0.15) is 48.8 Å². The fourth-order valence-corrected chi connectivity index (χ4v) is 2.65. The molecule has 0 bridgehead atoms. The van der Waals surface area contributed by atoms with Crippen molar-refractivity contribution in [3.05, 3.63) is 70.7 Å². The summed E-state index contributed by atoms with van der Waals surface area (Å²) in [4.78, 5) is 26.6. The molecule has 0 spiro atoms. The largest absolute Gasteiger partial charge is 0.450 e. The van der Waals surface area contributed by atoms with E-state index in [-0.39, 0.29) is 6.61 Å². The minimum atomic E-state index is -0.902. The smallest absolute Gasteiger partial charge is 0.412 e. The van der Waals surface area contributed by atoms with Crippen molar-refractivity contribution in [2.24, 2.45) is 0 Å². The molecule has 0 heterocycles. The van der Waals surface area contributed by atoms with Crippen molar-refractivity contribution in [3.63, 3.8) is 0 Å². The molecule has 0 radical (unpaired) electrons. The first-order valence-corrected chi connectivity index (χ1v) is 9.39. The monoisotopic (exact) mass is 389 g/mol. The summed E-state index contributed by atoms with van der Waals surface area (Å²) in [6, 6.07) is 15.5. The van der Waals surface area contributed by atoms with Gasteiger partial charge in [0, 0.05) is 17.1 Å². The standard InChI is InChI=1S/C21H24ClNO4/c1-3-5-15-23(21(25)26-4-2)19(16-11-13-18(22)14-12-16)27-20(24)17-9-7-6-8-10-17/h6-14,19H,3-5,15H2,1-2H3. The van der Waals surface area contributed by atoms with Gasteiger partial charge in [0.1, 0.15) is 0 Å². The molecule has 6 heteroatoms. The maximum atomic E-state index is 12.6. The molecule has 5 nitrogen and oxygen atoms in total. The zero-order chi connectivity index (χ0) is 19.6. The van der Waals surface area contributed by atoms with Gasteiger partial charge in [0.05, 0.1) is 12.2 Å². The summed E-state index contributed by atoms with van der Waals surface area (Å²) in [5.41, 5.74) is 1.06. The van der Waals surface area contributed by atoms with Gasteiger partial charge in [0.2, 0.25) is 6.23 Å². The Morgan fingerprint density at radius 2 is 1.70 bits per heavy atom. The van der Waals surface area contributed by atoms with Gasteiger partial charge in [-0.25, -0.2) is 9.59 Å². The second-order valence-electron chi connectivity index (χ2n) is 5.92. The van der Waals surface area contributed by atoms with Crippen molar-refractivity contribution in [2.75, 3.05) is 13.2 Å². The van der Waals surface area contributed by atoms with E-state index >= 15 is 0 Å². The topological polar surface area (TPSA) is 55.8 Å². The lowest BCUT2D eigenvalue weighted by atomic mass is 10.1. The molecule has 1 unspecified atom stereocenters. The van der Waals surface area contributed by atoms with Crippen molar-refractivity contribution in [1.29, 1.82) is 0 Å². The number of benzene rings is 2. The van der Waals surface area contributed by atoms with E-state index in [2.05, 4.69) is 0 Å². The molecule has 2 rings (SSSR count). The molecule has 1 amide bonds. The number of hydrogen-bond acceptors (Lipinski definition) is 4. The Balaban J connectivity index is 2.35. The van der Waals surface area contributed by atoms with Crippen LogP contribution in [-0.4, -0.2) is 30.1 Å². The molecule has 0 saturated heterocycles. The number of carbonyl (C=O) groups is 2.